The normalized spacial score (nSPS) is 16.4. The number of para-hydroxylation sites is 2. The van der Waals surface area contributed by atoms with Crippen LogP contribution in [-0.2, 0) is 4.74 Å². The lowest BCUT2D eigenvalue weighted by molar-refractivity contribution is 0.0858. The maximum Gasteiger partial charge on any atom is 0.272 e. The molecule has 0 saturated carbocycles. The molecule has 138 valence electrons. The van der Waals surface area contributed by atoms with Gasteiger partial charge in [-0.1, -0.05) is 30.3 Å². The number of carbonyl (C=O) groups excluding carboxylic acids is 2. The van der Waals surface area contributed by atoms with Gasteiger partial charge in [0, 0.05) is 24.1 Å². The zero-order valence-electron chi connectivity index (χ0n) is 14.8. The second-order valence-corrected chi connectivity index (χ2v) is 6.62. The van der Waals surface area contributed by atoms with Crippen LogP contribution in [0.5, 0.6) is 0 Å². The molecule has 1 fully saturated rings. The minimum absolute atomic E-state index is 0.0713. The summed E-state index contributed by atoms with van der Waals surface area (Å²) in [6, 6.07) is 16.5. The highest BCUT2D eigenvalue weighted by Crippen LogP contribution is 2.19. The third-order valence-corrected chi connectivity index (χ3v) is 4.71. The lowest BCUT2D eigenvalue weighted by atomic mass is 10.1. The quantitative estimate of drug-likeness (QED) is 0.650. The summed E-state index contributed by atoms with van der Waals surface area (Å²) >= 11 is 0. The summed E-state index contributed by atoms with van der Waals surface area (Å²) in [5.74, 6) is -0.511. The number of carbonyl (C=O) groups is 2. The van der Waals surface area contributed by atoms with E-state index < -0.39 is 0 Å². The molecule has 0 aliphatic carbocycles. The minimum Gasteiger partial charge on any atom is -0.376 e. The standard InChI is InChI=1S/C21H21N3O3/c25-20(22-13-15-7-5-11-27-15)16-8-2-4-10-18(16)24-21(26)19-12-14-6-1-3-9-17(14)23-19/h1-4,6,8-10,12,15,23H,5,7,11,13H2,(H,22,25)(H,24,26). The van der Waals surface area contributed by atoms with E-state index in [0.29, 0.717) is 23.5 Å². The van der Waals surface area contributed by atoms with Gasteiger partial charge >= 0.3 is 0 Å². The Kier molecular flexibility index (Phi) is 4.89. The molecule has 0 bridgehead atoms. The van der Waals surface area contributed by atoms with Crippen molar-refractivity contribution in [2.45, 2.75) is 18.9 Å². The summed E-state index contributed by atoms with van der Waals surface area (Å²) in [5.41, 5.74) is 2.25. The number of H-pyrrole nitrogens is 1. The van der Waals surface area contributed by atoms with Gasteiger partial charge in [0.1, 0.15) is 5.69 Å². The van der Waals surface area contributed by atoms with E-state index >= 15 is 0 Å². The molecule has 3 aromatic rings. The average Bonchev–Trinajstić information content (AvgIpc) is 3.36. The zero-order valence-corrected chi connectivity index (χ0v) is 14.8. The number of ether oxygens (including phenoxy) is 1. The third kappa shape index (κ3) is 3.85. The molecule has 1 unspecified atom stereocenters. The summed E-state index contributed by atoms with van der Waals surface area (Å²) in [6.45, 7) is 1.22. The molecule has 1 aliphatic rings. The van der Waals surface area contributed by atoms with Crippen LogP contribution in [0.3, 0.4) is 0 Å². The number of hydrogen-bond donors (Lipinski definition) is 3. The molecule has 1 aliphatic heterocycles. The van der Waals surface area contributed by atoms with Crippen LogP contribution in [0.1, 0.15) is 33.7 Å². The molecule has 2 amide bonds. The summed E-state index contributed by atoms with van der Waals surface area (Å²) in [5, 5.41) is 6.69. The van der Waals surface area contributed by atoms with E-state index in [1.807, 2.05) is 24.3 Å². The average molecular weight is 363 g/mol. The molecular weight excluding hydrogens is 342 g/mol. The van der Waals surface area contributed by atoms with Gasteiger partial charge in [-0.25, -0.2) is 0 Å². The van der Waals surface area contributed by atoms with Crippen molar-refractivity contribution in [3.8, 4) is 0 Å². The van der Waals surface area contributed by atoms with E-state index in [9.17, 15) is 9.59 Å². The SMILES string of the molecule is O=C(Nc1ccccc1C(=O)NCC1CCCO1)c1cc2ccccc2[nH]1. The van der Waals surface area contributed by atoms with Crippen LogP contribution < -0.4 is 10.6 Å². The van der Waals surface area contributed by atoms with Crippen LogP contribution >= 0.6 is 0 Å². The Bertz CT molecular complexity index is 940. The first-order chi connectivity index (χ1) is 13.2. The number of rotatable bonds is 5. The van der Waals surface area contributed by atoms with Gasteiger partial charge in [-0.15, -0.1) is 0 Å². The van der Waals surface area contributed by atoms with Crippen LogP contribution in [-0.4, -0.2) is 36.1 Å². The van der Waals surface area contributed by atoms with Gasteiger partial charge in [-0.3, -0.25) is 9.59 Å². The molecule has 2 aromatic carbocycles. The highest BCUT2D eigenvalue weighted by Gasteiger charge is 2.19. The molecule has 4 rings (SSSR count). The fourth-order valence-corrected chi connectivity index (χ4v) is 3.28. The van der Waals surface area contributed by atoms with E-state index in [0.717, 1.165) is 30.4 Å². The van der Waals surface area contributed by atoms with E-state index in [-0.39, 0.29) is 17.9 Å². The number of hydrogen-bond acceptors (Lipinski definition) is 3. The second-order valence-electron chi connectivity index (χ2n) is 6.62. The molecule has 27 heavy (non-hydrogen) atoms. The van der Waals surface area contributed by atoms with E-state index in [1.54, 1.807) is 30.3 Å². The molecule has 6 heteroatoms. The van der Waals surface area contributed by atoms with Crippen molar-refractivity contribution in [1.29, 1.82) is 0 Å². The van der Waals surface area contributed by atoms with Crippen molar-refractivity contribution in [2.75, 3.05) is 18.5 Å². The van der Waals surface area contributed by atoms with Crippen molar-refractivity contribution in [1.82, 2.24) is 10.3 Å². The topological polar surface area (TPSA) is 83.2 Å². The van der Waals surface area contributed by atoms with Crippen molar-refractivity contribution in [3.63, 3.8) is 0 Å². The van der Waals surface area contributed by atoms with Crippen LogP contribution in [0.4, 0.5) is 5.69 Å². The number of benzene rings is 2. The highest BCUT2D eigenvalue weighted by atomic mass is 16.5. The van der Waals surface area contributed by atoms with Crippen molar-refractivity contribution >= 4 is 28.4 Å². The molecule has 1 saturated heterocycles. The van der Waals surface area contributed by atoms with Gasteiger partial charge in [0.25, 0.3) is 11.8 Å². The van der Waals surface area contributed by atoms with Gasteiger partial charge in [-0.05, 0) is 37.1 Å². The lowest BCUT2D eigenvalue weighted by Crippen LogP contribution is -2.32. The number of anilines is 1. The maximum absolute atomic E-state index is 12.6. The molecule has 0 spiro atoms. The van der Waals surface area contributed by atoms with Gasteiger partial charge in [0.2, 0.25) is 0 Å². The van der Waals surface area contributed by atoms with Gasteiger partial charge < -0.3 is 20.4 Å². The fourth-order valence-electron chi connectivity index (χ4n) is 3.28. The summed E-state index contributed by atoms with van der Waals surface area (Å²) in [6.07, 6.45) is 2.05. The van der Waals surface area contributed by atoms with Gasteiger partial charge in [0.05, 0.1) is 17.4 Å². The Balaban J connectivity index is 1.48. The molecule has 1 atom stereocenters. The van der Waals surface area contributed by atoms with Crippen LogP contribution in [0.2, 0.25) is 0 Å². The first-order valence-corrected chi connectivity index (χ1v) is 9.08. The zero-order chi connectivity index (χ0) is 18.6. The molecule has 0 radical (unpaired) electrons. The second kappa shape index (κ2) is 7.63. The van der Waals surface area contributed by atoms with Crippen molar-refractivity contribution in [3.05, 3.63) is 65.9 Å². The Morgan fingerprint density at radius 3 is 2.70 bits per heavy atom. The fraction of sp³-hybridized carbons (Fsp3) is 0.238. The molecule has 1 aromatic heterocycles. The Labute approximate surface area is 156 Å². The maximum atomic E-state index is 12.6. The molecule has 2 heterocycles. The highest BCUT2D eigenvalue weighted by molar-refractivity contribution is 6.09. The van der Waals surface area contributed by atoms with E-state index in [1.165, 1.54) is 0 Å². The molecular formula is C21H21N3O3. The predicted octanol–water partition coefficient (Wildman–Crippen LogP) is 3.33. The number of aromatic nitrogens is 1. The first kappa shape index (κ1) is 17.3. The third-order valence-electron chi connectivity index (χ3n) is 4.71. The first-order valence-electron chi connectivity index (χ1n) is 9.08. The Morgan fingerprint density at radius 1 is 1.07 bits per heavy atom. The van der Waals surface area contributed by atoms with Gasteiger partial charge in [-0.2, -0.15) is 0 Å². The van der Waals surface area contributed by atoms with Crippen molar-refractivity contribution in [2.24, 2.45) is 0 Å². The Hall–Kier alpha value is -3.12. The van der Waals surface area contributed by atoms with E-state index in [2.05, 4.69) is 15.6 Å². The smallest absolute Gasteiger partial charge is 0.272 e. The number of fused-ring (bicyclic) bond motifs is 1. The van der Waals surface area contributed by atoms with Gasteiger partial charge in [0.15, 0.2) is 0 Å². The van der Waals surface area contributed by atoms with Crippen LogP contribution in [0, 0.1) is 0 Å². The lowest BCUT2D eigenvalue weighted by Gasteiger charge is -2.13. The number of amides is 2. The van der Waals surface area contributed by atoms with Crippen LogP contribution in [0.15, 0.2) is 54.6 Å². The van der Waals surface area contributed by atoms with E-state index in [4.69, 9.17) is 4.74 Å². The monoisotopic (exact) mass is 363 g/mol. The summed E-state index contributed by atoms with van der Waals surface area (Å²) < 4.78 is 5.53. The number of nitrogens with one attached hydrogen (secondary N) is 3. The Morgan fingerprint density at radius 2 is 1.89 bits per heavy atom. The predicted molar refractivity (Wildman–Crippen MR) is 104 cm³/mol. The summed E-state index contributed by atoms with van der Waals surface area (Å²) in [4.78, 5) is 28.3. The summed E-state index contributed by atoms with van der Waals surface area (Å²) in [7, 11) is 0. The van der Waals surface area contributed by atoms with Crippen LogP contribution in [0.25, 0.3) is 10.9 Å². The molecule has 3 N–H and O–H groups in total. The minimum atomic E-state index is -0.287. The molecule has 6 nitrogen and oxygen atoms in total. The largest absolute Gasteiger partial charge is 0.376 e. The number of aromatic amines is 1. The van der Waals surface area contributed by atoms with Crippen molar-refractivity contribution < 1.29 is 14.3 Å².